The van der Waals surface area contributed by atoms with Crippen LogP contribution >= 0.6 is 0 Å². The summed E-state index contributed by atoms with van der Waals surface area (Å²) < 4.78 is 18.7. The van der Waals surface area contributed by atoms with Crippen molar-refractivity contribution in [2.75, 3.05) is 0 Å². The quantitative estimate of drug-likeness (QED) is 0.897. The molecule has 0 heterocycles. The van der Waals surface area contributed by atoms with Crippen LogP contribution in [-0.4, -0.2) is 5.11 Å². The van der Waals surface area contributed by atoms with Crippen molar-refractivity contribution in [3.8, 4) is 5.75 Å². The second kappa shape index (κ2) is 5.65. The van der Waals surface area contributed by atoms with Crippen molar-refractivity contribution in [3.05, 3.63) is 65.0 Å². The molecule has 0 aliphatic carbocycles. The first kappa shape index (κ1) is 12.6. The molecule has 0 bridgehead atoms. The first-order chi connectivity index (χ1) is 8.70. The van der Waals surface area contributed by atoms with Gasteiger partial charge in [-0.05, 0) is 30.2 Å². The molecule has 0 amide bonds. The van der Waals surface area contributed by atoms with Crippen molar-refractivity contribution in [2.24, 2.45) is 0 Å². The molecular weight excluding hydrogens is 231 g/mol. The lowest BCUT2D eigenvalue weighted by molar-refractivity contribution is 0.258. The van der Waals surface area contributed by atoms with Crippen LogP contribution in [0, 0.1) is 12.7 Å². The number of hydrogen-bond acceptors (Lipinski definition) is 2. The zero-order valence-corrected chi connectivity index (χ0v) is 10.2. The number of para-hydroxylation sites is 1. The maximum Gasteiger partial charge on any atom is 0.128 e. The third kappa shape index (κ3) is 2.87. The van der Waals surface area contributed by atoms with E-state index >= 15 is 0 Å². The number of benzene rings is 2. The molecule has 94 valence electrons. The number of aliphatic hydroxyl groups excluding tert-OH is 1. The van der Waals surface area contributed by atoms with Gasteiger partial charge in [0.1, 0.15) is 18.2 Å². The molecule has 1 N–H and O–H groups in total. The molecule has 18 heavy (non-hydrogen) atoms. The van der Waals surface area contributed by atoms with Gasteiger partial charge in [-0.3, -0.25) is 0 Å². The smallest absolute Gasteiger partial charge is 0.128 e. The number of rotatable bonds is 4. The average molecular weight is 246 g/mol. The summed E-state index contributed by atoms with van der Waals surface area (Å²) >= 11 is 0. The number of hydrogen-bond donors (Lipinski definition) is 1. The molecular formula is C15H15FO2. The number of aryl methyl sites for hydroxylation is 1. The van der Waals surface area contributed by atoms with Crippen LogP contribution in [0.15, 0.2) is 42.5 Å². The SMILES string of the molecule is Cc1cccc(CO)c1OCc1cccc(F)c1. The van der Waals surface area contributed by atoms with Gasteiger partial charge in [0, 0.05) is 5.56 Å². The van der Waals surface area contributed by atoms with E-state index in [9.17, 15) is 9.50 Å². The molecule has 2 aromatic rings. The van der Waals surface area contributed by atoms with Crippen LogP contribution in [0.3, 0.4) is 0 Å². The molecule has 0 aromatic heterocycles. The fraction of sp³-hybridized carbons (Fsp3) is 0.200. The number of ether oxygens (including phenoxy) is 1. The van der Waals surface area contributed by atoms with Gasteiger partial charge < -0.3 is 9.84 Å². The normalized spacial score (nSPS) is 10.4. The molecule has 2 rings (SSSR count). The van der Waals surface area contributed by atoms with E-state index in [0.717, 1.165) is 16.7 Å². The Hall–Kier alpha value is -1.87. The first-order valence-corrected chi connectivity index (χ1v) is 5.77. The van der Waals surface area contributed by atoms with Crippen LogP contribution in [0.2, 0.25) is 0 Å². The van der Waals surface area contributed by atoms with Crippen LogP contribution in [-0.2, 0) is 13.2 Å². The highest BCUT2D eigenvalue weighted by Crippen LogP contribution is 2.24. The van der Waals surface area contributed by atoms with Crippen molar-refractivity contribution in [1.82, 2.24) is 0 Å². The first-order valence-electron chi connectivity index (χ1n) is 5.77. The van der Waals surface area contributed by atoms with Gasteiger partial charge in [0.15, 0.2) is 0 Å². The van der Waals surface area contributed by atoms with Crippen molar-refractivity contribution in [2.45, 2.75) is 20.1 Å². The van der Waals surface area contributed by atoms with E-state index in [0.29, 0.717) is 5.75 Å². The second-order valence-corrected chi connectivity index (χ2v) is 4.14. The number of aliphatic hydroxyl groups is 1. The van der Waals surface area contributed by atoms with Crippen molar-refractivity contribution < 1.29 is 14.2 Å². The molecule has 0 unspecified atom stereocenters. The molecule has 2 nitrogen and oxygen atoms in total. The molecule has 2 aromatic carbocycles. The summed E-state index contributed by atoms with van der Waals surface area (Å²) in [6.07, 6.45) is 0. The molecule has 0 radical (unpaired) electrons. The lowest BCUT2D eigenvalue weighted by Gasteiger charge is -2.12. The zero-order valence-electron chi connectivity index (χ0n) is 10.2. The van der Waals surface area contributed by atoms with Gasteiger partial charge in [-0.1, -0.05) is 30.3 Å². The Bertz CT molecular complexity index is 538. The van der Waals surface area contributed by atoms with Gasteiger partial charge in [0.2, 0.25) is 0 Å². The minimum absolute atomic E-state index is 0.0693. The third-order valence-corrected chi connectivity index (χ3v) is 2.74. The van der Waals surface area contributed by atoms with Gasteiger partial charge in [-0.15, -0.1) is 0 Å². The summed E-state index contributed by atoms with van der Waals surface area (Å²) in [6.45, 7) is 2.13. The predicted octanol–water partition coefficient (Wildman–Crippen LogP) is 3.21. The van der Waals surface area contributed by atoms with Crippen LogP contribution in [0.25, 0.3) is 0 Å². The van der Waals surface area contributed by atoms with Gasteiger partial charge in [-0.2, -0.15) is 0 Å². The van der Waals surface area contributed by atoms with E-state index in [1.54, 1.807) is 12.1 Å². The number of halogens is 1. The molecule has 0 aliphatic rings. The maximum atomic E-state index is 13.0. The summed E-state index contributed by atoms with van der Waals surface area (Å²) in [6, 6.07) is 11.9. The molecule has 0 atom stereocenters. The van der Waals surface area contributed by atoms with Gasteiger partial charge >= 0.3 is 0 Å². The molecule has 0 saturated heterocycles. The fourth-order valence-electron chi connectivity index (χ4n) is 1.83. The minimum atomic E-state index is -0.275. The standard InChI is InChI=1S/C15H15FO2/c1-11-4-2-6-13(9-17)15(11)18-10-12-5-3-7-14(16)8-12/h2-8,17H,9-10H2,1H3. The largest absolute Gasteiger partial charge is 0.488 e. The Balaban J connectivity index is 2.15. The lowest BCUT2D eigenvalue weighted by atomic mass is 10.1. The van der Waals surface area contributed by atoms with Crippen molar-refractivity contribution >= 4 is 0 Å². The average Bonchev–Trinajstić information content (AvgIpc) is 2.37. The highest BCUT2D eigenvalue weighted by atomic mass is 19.1. The monoisotopic (exact) mass is 246 g/mol. The van der Waals surface area contributed by atoms with E-state index < -0.39 is 0 Å². The molecule has 0 aliphatic heterocycles. The molecule has 0 fully saturated rings. The van der Waals surface area contributed by atoms with E-state index in [1.807, 2.05) is 25.1 Å². The van der Waals surface area contributed by atoms with E-state index in [1.165, 1.54) is 12.1 Å². The fourth-order valence-corrected chi connectivity index (χ4v) is 1.83. The summed E-state index contributed by atoms with van der Waals surface area (Å²) in [4.78, 5) is 0. The summed E-state index contributed by atoms with van der Waals surface area (Å²) in [7, 11) is 0. The summed E-state index contributed by atoms with van der Waals surface area (Å²) in [5, 5.41) is 9.24. The highest BCUT2D eigenvalue weighted by molar-refractivity contribution is 5.40. The van der Waals surface area contributed by atoms with E-state index in [2.05, 4.69) is 0 Å². The Labute approximate surface area is 106 Å². The molecule has 0 saturated carbocycles. The third-order valence-electron chi connectivity index (χ3n) is 2.74. The zero-order chi connectivity index (χ0) is 13.0. The van der Waals surface area contributed by atoms with Crippen molar-refractivity contribution in [1.29, 1.82) is 0 Å². The Kier molecular flexibility index (Phi) is 3.95. The van der Waals surface area contributed by atoms with Gasteiger partial charge in [0.25, 0.3) is 0 Å². The van der Waals surface area contributed by atoms with E-state index in [4.69, 9.17) is 4.74 Å². The predicted molar refractivity (Wildman–Crippen MR) is 67.8 cm³/mol. The van der Waals surface area contributed by atoms with Crippen molar-refractivity contribution in [3.63, 3.8) is 0 Å². The Morgan fingerprint density at radius 1 is 1.17 bits per heavy atom. The van der Waals surface area contributed by atoms with Crippen LogP contribution in [0.1, 0.15) is 16.7 Å². The maximum absolute atomic E-state index is 13.0. The van der Waals surface area contributed by atoms with Crippen LogP contribution in [0.5, 0.6) is 5.75 Å². The van der Waals surface area contributed by atoms with E-state index in [-0.39, 0.29) is 19.0 Å². The topological polar surface area (TPSA) is 29.5 Å². The lowest BCUT2D eigenvalue weighted by Crippen LogP contribution is -2.01. The minimum Gasteiger partial charge on any atom is -0.488 e. The van der Waals surface area contributed by atoms with Crippen LogP contribution < -0.4 is 4.74 Å². The summed E-state index contributed by atoms with van der Waals surface area (Å²) in [5.41, 5.74) is 2.46. The Morgan fingerprint density at radius 3 is 2.67 bits per heavy atom. The molecule has 3 heteroatoms. The van der Waals surface area contributed by atoms with Gasteiger partial charge in [0.05, 0.1) is 6.61 Å². The van der Waals surface area contributed by atoms with Crippen LogP contribution in [0.4, 0.5) is 4.39 Å². The second-order valence-electron chi connectivity index (χ2n) is 4.14. The van der Waals surface area contributed by atoms with Gasteiger partial charge in [-0.25, -0.2) is 4.39 Å². The molecule has 0 spiro atoms. The highest BCUT2D eigenvalue weighted by Gasteiger charge is 2.06. The Morgan fingerprint density at radius 2 is 1.94 bits per heavy atom. The summed E-state index contributed by atoms with van der Waals surface area (Å²) in [5.74, 6) is 0.396.